The van der Waals surface area contributed by atoms with Gasteiger partial charge in [0.05, 0.1) is 26.3 Å². The zero-order valence-corrected chi connectivity index (χ0v) is 11.7. The van der Waals surface area contributed by atoms with E-state index in [1.165, 1.54) is 0 Å². The van der Waals surface area contributed by atoms with Crippen LogP contribution < -0.4 is 9.91 Å². The van der Waals surface area contributed by atoms with E-state index in [1.54, 1.807) is 4.79 Å². The standard InChI is InChI=1S/C13H18N6O/c1-17(2)12-5-3-11(4-6-12)13-14-15-16-19(13)18-7-9-20-10-8-18/h3-6H,7-10H2,1-2H3. The first kappa shape index (κ1) is 12.9. The van der Waals surface area contributed by atoms with Gasteiger partial charge in [0, 0.05) is 25.3 Å². The molecule has 0 atom stereocenters. The number of hydrogen-bond acceptors (Lipinski definition) is 6. The molecule has 2 heterocycles. The number of ether oxygens (including phenoxy) is 1. The van der Waals surface area contributed by atoms with Crippen molar-refractivity contribution in [3.05, 3.63) is 24.3 Å². The Labute approximate surface area is 117 Å². The lowest BCUT2D eigenvalue weighted by Crippen LogP contribution is -2.45. The van der Waals surface area contributed by atoms with Gasteiger partial charge in [0.1, 0.15) is 0 Å². The molecule has 1 aliphatic rings. The maximum Gasteiger partial charge on any atom is 0.204 e. The Morgan fingerprint density at radius 2 is 1.80 bits per heavy atom. The third-order valence-electron chi connectivity index (χ3n) is 3.35. The molecule has 3 rings (SSSR count). The number of anilines is 1. The highest BCUT2D eigenvalue weighted by Gasteiger charge is 2.17. The molecule has 0 bridgehead atoms. The minimum Gasteiger partial charge on any atom is -0.378 e. The molecule has 0 saturated carbocycles. The fourth-order valence-electron chi connectivity index (χ4n) is 2.20. The third-order valence-corrected chi connectivity index (χ3v) is 3.35. The van der Waals surface area contributed by atoms with Gasteiger partial charge in [-0.15, -0.1) is 9.89 Å². The molecule has 7 heteroatoms. The maximum absolute atomic E-state index is 5.36. The number of tetrazole rings is 1. The summed E-state index contributed by atoms with van der Waals surface area (Å²) in [6.45, 7) is 3.01. The van der Waals surface area contributed by atoms with Gasteiger partial charge in [-0.1, -0.05) is 0 Å². The van der Waals surface area contributed by atoms with Crippen LogP contribution >= 0.6 is 0 Å². The molecule has 20 heavy (non-hydrogen) atoms. The highest BCUT2D eigenvalue weighted by molar-refractivity contribution is 5.60. The van der Waals surface area contributed by atoms with Crippen LogP contribution in [0.15, 0.2) is 24.3 Å². The number of nitrogens with zero attached hydrogens (tertiary/aromatic N) is 6. The van der Waals surface area contributed by atoms with Gasteiger partial charge >= 0.3 is 0 Å². The van der Waals surface area contributed by atoms with Crippen LogP contribution in [0.4, 0.5) is 5.69 Å². The van der Waals surface area contributed by atoms with Crippen LogP contribution in [0.25, 0.3) is 11.4 Å². The molecule has 0 radical (unpaired) electrons. The van der Waals surface area contributed by atoms with Crippen molar-refractivity contribution in [2.75, 3.05) is 50.3 Å². The van der Waals surface area contributed by atoms with Crippen LogP contribution in [0.1, 0.15) is 0 Å². The molecule has 106 valence electrons. The van der Waals surface area contributed by atoms with E-state index >= 15 is 0 Å². The fourth-order valence-corrected chi connectivity index (χ4v) is 2.20. The molecule has 1 aromatic carbocycles. The smallest absolute Gasteiger partial charge is 0.204 e. The van der Waals surface area contributed by atoms with Gasteiger partial charge in [0.2, 0.25) is 5.82 Å². The van der Waals surface area contributed by atoms with E-state index in [4.69, 9.17) is 4.74 Å². The zero-order valence-electron chi connectivity index (χ0n) is 11.7. The second kappa shape index (κ2) is 5.46. The molecule has 0 spiro atoms. The number of morpholine rings is 1. The molecule has 0 unspecified atom stereocenters. The minimum atomic E-state index is 0.707. The van der Waals surface area contributed by atoms with E-state index in [0.29, 0.717) is 13.2 Å². The first-order chi connectivity index (χ1) is 9.75. The van der Waals surface area contributed by atoms with Gasteiger partial charge in [0.15, 0.2) is 0 Å². The Balaban J connectivity index is 1.88. The summed E-state index contributed by atoms with van der Waals surface area (Å²) in [7, 11) is 4.04. The molecule has 1 aromatic heterocycles. The van der Waals surface area contributed by atoms with Gasteiger partial charge in [-0.25, -0.2) is 0 Å². The van der Waals surface area contributed by atoms with E-state index in [1.807, 2.05) is 26.2 Å². The lowest BCUT2D eigenvalue weighted by atomic mass is 10.2. The predicted molar refractivity (Wildman–Crippen MR) is 76.4 cm³/mol. The summed E-state index contributed by atoms with van der Waals surface area (Å²) in [5.74, 6) is 0.761. The average Bonchev–Trinajstić information content (AvgIpc) is 2.97. The van der Waals surface area contributed by atoms with E-state index < -0.39 is 0 Å². The molecular formula is C13H18N6O. The molecule has 0 N–H and O–H groups in total. The lowest BCUT2D eigenvalue weighted by molar-refractivity contribution is 0.109. The SMILES string of the molecule is CN(C)c1ccc(-c2nnnn2N2CCOCC2)cc1. The average molecular weight is 274 g/mol. The molecule has 2 aromatic rings. The molecular weight excluding hydrogens is 256 g/mol. The van der Waals surface area contributed by atoms with Gasteiger partial charge in [-0.05, 0) is 34.7 Å². The summed E-state index contributed by atoms with van der Waals surface area (Å²) in [4.78, 5) is 3.84. The molecule has 0 aliphatic carbocycles. The van der Waals surface area contributed by atoms with Crippen molar-refractivity contribution in [1.82, 2.24) is 20.3 Å². The number of aromatic nitrogens is 4. The molecule has 1 saturated heterocycles. The number of benzene rings is 1. The topological polar surface area (TPSA) is 59.3 Å². The number of hydrogen-bond donors (Lipinski definition) is 0. The van der Waals surface area contributed by atoms with Gasteiger partial charge in [-0.2, -0.15) is 0 Å². The van der Waals surface area contributed by atoms with Crippen molar-refractivity contribution >= 4 is 5.69 Å². The Kier molecular flexibility index (Phi) is 3.51. The molecule has 1 fully saturated rings. The van der Waals surface area contributed by atoms with Crippen LogP contribution in [0.2, 0.25) is 0 Å². The second-order valence-electron chi connectivity index (χ2n) is 4.90. The van der Waals surface area contributed by atoms with Crippen LogP contribution in [-0.2, 0) is 4.74 Å². The Bertz CT molecular complexity index is 558. The maximum atomic E-state index is 5.36. The van der Waals surface area contributed by atoms with Crippen molar-refractivity contribution in [3.63, 3.8) is 0 Å². The second-order valence-corrected chi connectivity index (χ2v) is 4.90. The van der Waals surface area contributed by atoms with Crippen molar-refractivity contribution in [3.8, 4) is 11.4 Å². The van der Waals surface area contributed by atoms with Crippen molar-refractivity contribution < 1.29 is 4.74 Å². The van der Waals surface area contributed by atoms with Crippen molar-refractivity contribution in [2.45, 2.75) is 0 Å². The highest BCUT2D eigenvalue weighted by Crippen LogP contribution is 2.20. The quantitative estimate of drug-likeness (QED) is 0.806. The summed E-state index contributed by atoms with van der Waals surface area (Å²) < 4.78 is 5.36. The molecule has 7 nitrogen and oxygen atoms in total. The third kappa shape index (κ3) is 2.44. The van der Waals surface area contributed by atoms with Crippen LogP contribution in [-0.4, -0.2) is 60.7 Å². The Hall–Kier alpha value is -2.15. The predicted octanol–water partition coefficient (Wildman–Crippen LogP) is 0.374. The summed E-state index contributed by atoms with van der Waals surface area (Å²) in [6, 6.07) is 8.21. The lowest BCUT2D eigenvalue weighted by Gasteiger charge is -2.28. The highest BCUT2D eigenvalue weighted by atomic mass is 16.5. The summed E-state index contributed by atoms with van der Waals surface area (Å²) in [6.07, 6.45) is 0. The molecule has 1 aliphatic heterocycles. The van der Waals surface area contributed by atoms with E-state index in [0.717, 1.165) is 30.2 Å². The minimum absolute atomic E-state index is 0.707. The monoisotopic (exact) mass is 274 g/mol. The largest absolute Gasteiger partial charge is 0.378 e. The summed E-state index contributed by atoms with van der Waals surface area (Å²) in [5, 5.41) is 14.1. The molecule has 0 amide bonds. The van der Waals surface area contributed by atoms with Gasteiger partial charge in [-0.3, -0.25) is 5.01 Å². The zero-order chi connectivity index (χ0) is 13.9. The first-order valence-electron chi connectivity index (χ1n) is 6.65. The fraction of sp³-hybridized carbons (Fsp3) is 0.462. The van der Waals surface area contributed by atoms with Crippen LogP contribution in [0.3, 0.4) is 0 Å². The first-order valence-corrected chi connectivity index (χ1v) is 6.65. The van der Waals surface area contributed by atoms with Gasteiger partial charge in [0.25, 0.3) is 0 Å². The van der Waals surface area contributed by atoms with E-state index in [9.17, 15) is 0 Å². The summed E-state index contributed by atoms with van der Waals surface area (Å²) >= 11 is 0. The normalized spacial score (nSPS) is 15.4. The van der Waals surface area contributed by atoms with Crippen molar-refractivity contribution in [1.29, 1.82) is 0 Å². The van der Waals surface area contributed by atoms with E-state index in [-0.39, 0.29) is 0 Å². The van der Waals surface area contributed by atoms with Crippen molar-refractivity contribution in [2.24, 2.45) is 0 Å². The Morgan fingerprint density at radius 3 is 2.45 bits per heavy atom. The van der Waals surface area contributed by atoms with Crippen LogP contribution in [0.5, 0.6) is 0 Å². The Morgan fingerprint density at radius 1 is 1.10 bits per heavy atom. The van der Waals surface area contributed by atoms with Crippen LogP contribution in [0, 0.1) is 0 Å². The summed E-state index contributed by atoms with van der Waals surface area (Å²) in [5.41, 5.74) is 2.16. The number of rotatable bonds is 3. The van der Waals surface area contributed by atoms with E-state index in [2.05, 4.69) is 37.6 Å². The van der Waals surface area contributed by atoms with Gasteiger partial charge < -0.3 is 9.64 Å².